The fraction of sp³-hybridized carbons (Fsp3) is 0.750. The van der Waals surface area contributed by atoms with E-state index in [1.165, 1.54) is 0 Å². The quantitative estimate of drug-likeness (QED) is 0.460. The predicted octanol–water partition coefficient (Wildman–Crippen LogP) is 1.17. The minimum absolute atomic E-state index is 0.0710. The zero-order valence-electron chi connectivity index (χ0n) is 3.53. The van der Waals surface area contributed by atoms with Crippen LogP contribution in [0.2, 0.25) is 0 Å². The minimum atomic E-state index is -0.401. The van der Waals surface area contributed by atoms with Crippen molar-refractivity contribution in [2.75, 3.05) is 0 Å². The van der Waals surface area contributed by atoms with Gasteiger partial charge in [-0.25, -0.2) is 0 Å². The number of hydrogen-bond acceptors (Lipinski definition) is 1. The van der Waals surface area contributed by atoms with E-state index in [0.29, 0.717) is 6.42 Å². The SMILES string of the molecule is O=C1C[C@@H](Cl)[C@H]1Cl. The number of Topliss-reactive ketones (excluding diaryl/α,β-unsaturated/α-hetero) is 1. The molecule has 1 aliphatic rings. The van der Waals surface area contributed by atoms with Gasteiger partial charge in [0.25, 0.3) is 0 Å². The summed E-state index contributed by atoms with van der Waals surface area (Å²) in [5, 5.41) is -0.504. The lowest BCUT2D eigenvalue weighted by Crippen LogP contribution is -2.38. The molecule has 1 nitrogen and oxygen atoms in total. The van der Waals surface area contributed by atoms with E-state index in [0.717, 1.165) is 0 Å². The van der Waals surface area contributed by atoms with Gasteiger partial charge in [-0.15, -0.1) is 23.2 Å². The average molecular weight is 139 g/mol. The molecule has 0 aromatic carbocycles. The molecule has 7 heavy (non-hydrogen) atoms. The number of ketones is 1. The van der Waals surface area contributed by atoms with Gasteiger partial charge in [-0.3, -0.25) is 4.79 Å². The molecule has 1 saturated carbocycles. The maximum absolute atomic E-state index is 10.2. The number of alkyl halides is 2. The van der Waals surface area contributed by atoms with Gasteiger partial charge in [0.2, 0.25) is 0 Å². The van der Waals surface area contributed by atoms with Crippen molar-refractivity contribution in [3.8, 4) is 0 Å². The Morgan fingerprint density at radius 3 is 2.14 bits per heavy atom. The van der Waals surface area contributed by atoms with E-state index in [1.807, 2.05) is 0 Å². The van der Waals surface area contributed by atoms with Gasteiger partial charge in [0.15, 0.2) is 5.78 Å². The van der Waals surface area contributed by atoms with Crippen molar-refractivity contribution in [3.63, 3.8) is 0 Å². The highest BCUT2D eigenvalue weighted by molar-refractivity contribution is 6.42. The second-order valence-corrected chi connectivity index (χ2v) is 2.62. The van der Waals surface area contributed by atoms with E-state index in [-0.39, 0.29) is 11.2 Å². The van der Waals surface area contributed by atoms with E-state index in [4.69, 9.17) is 23.2 Å². The van der Waals surface area contributed by atoms with Crippen LogP contribution in [0.3, 0.4) is 0 Å². The Morgan fingerprint density at radius 2 is 2.14 bits per heavy atom. The van der Waals surface area contributed by atoms with Crippen molar-refractivity contribution >= 4 is 29.0 Å². The summed E-state index contributed by atoms with van der Waals surface area (Å²) >= 11 is 10.8. The van der Waals surface area contributed by atoms with Gasteiger partial charge in [0.1, 0.15) is 5.38 Å². The molecule has 3 heteroatoms. The van der Waals surface area contributed by atoms with Crippen LogP contribution in [-0.4, -0.2) is 16.5 Å². The Bertz CT molecular complexity index is 102. The van der Waals surface area contributed by atoms with Gasteiger partial charge in [-0.05, 0) is 0 Å². The van der Waals surface area contributed by atoms with Crippen LogP contribution >= 0.6 is 23.2 Å². The van der Waals surface area contributed by atoms with Gasteiger partial charge >= 0.3 is 0 Å². The molecule has 0 saturated heterocycles. The number of halogens is 2. The highest BCUT2D eigenvalue weighted by Gasteiger charge is 2.36. The lowest BCUT2D eigenvalue weighted by molar-refractivity contribution is -0.122. The molecule has 0 unspecified atom stereocenters. The molecule has 0 N–H and O–H groups in total. The van der Waals surface area contributed by atoms with E-state index in [2.05, 4.69) is 0 Å². The number of rotatable bonds is 0. The fourth-order valence-corrected chi connectivity index (χ4v) is 0.920. The maximum Gasteiger partial charge on any atom is 0.153 e. The van der Waals surface area contributed by atoms with Crippen LogP contribution in [0.15, 0.2) is 0 Å². The van der Waals surface area contributed by atoms with Gasteiger partial charge in [-0.2, -0.15) is 0 Å². The predicted molar refractivity (Wildman–Crippen MR) is 28.9 cm³/mol. The van der Waals surface area contributed by atoms with Crippen LogP contribution in [0.5, 0.6) is 0 Å². The molecule has 1 rings (SSSR count). The summed E-state index contributed by atoms with van der Waals surface area (Å²) in [6, 6.07) is 0. The Kier molecular flexibility index (Phi) is 1.26. The zero-order valence-corrected chi connectivity index (χ0v) is 5.04. The number of hydrogen-bond donors (Lipinski definition) is 0. The third kappa shape index (κ3) is 0.752. The molecule has 0 amide bonds. The third-order valence-corrected chi connectivity index (χ3v) is 2.10. The fourth-order valence-electron chi connectivity index (χ4n) is 0.449. The summed E-state index contributed by atoms with van der Waals surface area (Å²) in [5.41, 5.74) is 0. The largest absolute Gasteiger partial charge is 0.298 e. The molecule has 0 aromatic rings. The molecular weight excluding hydrogens is 135 g/mol. The Labute approximate surface area is 51.6 Å². The van der Waals surface area contributed by atoms with Crippen molar-refractivity contribution in [1.82, 2.24) is 0 Å². The normalized spacial score (nSPS) is 40.6. The monoisotopic (exact) mass is 138 g/mol. The lowest BCUT2D eigenvalue weighted by atomic mass is 9.97. The molecule has 2 atom stereocenters. The summed E-state index contributed by atoms with van der Waals surface area (Å²) in [7, 11) is 0. The lowest BCUT2D eigenvalue weighted by Gasteiger charge is -2.23. The topological polar surface area (TPSA) is 17.1 Å². The third-order valence-electron chi connectivity index (χ3n) is 1.02. The first-order valence-corrected chi connectivity index (χ1v) is 2.90. The molecule has 40 valence electrons. The summed E-state index contributed by atoms with van der Waals surface area (Å²) in [6.45, 7) is 0. The van der Waals surface area contributed by atoms with E-state index in [1.54, 1.807) is 0 Å². The van der Waals surface area contributed by atoms with Crippen molar-refractivity contribution in [3.05, 3.63) is 0 Å². The van der Waals surface area contributed by atoms with Crippen LogP contribution < -0.4 is 0 Å². The standard InChI is InChI=1S/C4H4Cl2O/c5-2-1-3(7)4(2)6/h2,4H,1H2/t2-,4-/m1/s1. The average Bonchev–Trinajstić information content (AvgIpc) is 1.68. The number of carbonyl (C=O) groups is 1. The molecule has 0 bridgehead atoms. The molecular formula is C4H4Cl2O. The molecule has 0 spiro atoms. The first-order valence-electron chi connectivity index (χ1n) is 2.02. The smallest absolute Gasteiger partial charge is 0.153 e. The van der Waals surface area contributed by atoms with Crippen molar-refractivity contribution < 1.29 is 4.79 Å². The second kappa shape index (κ2) is 1.64. The Morgan fingerprint density at radius 1 is 1.57 bits per heavy atom. The van der Waals surface area contributed by atoms with Crippen LogP contribution in [0.1, 0.15) is 6.42 Å². The van der Waals surface area contributed by atoms with Gasteiger partial charge in [0, 0.05) is 6.42 Å². The molecule has 0 aliphatic heterocycles. The second-order valence-electron chi connectivity index (χ2n) is 1.59. The Hall–Kier alpha value is 0.250. The molecule has 0 heterocycles. The highest BCUT2D eigenvalue weighted by Crippen LogP contribution is 2.26. The molecule has 1 fully saturated rings. The van der Waals surface area contributed by atoms with E-state index < -0.39 is 5.38 Å². The summed E-state index contributed by atoms with van der Waals surface area (Å²) in [6.07, 6.45) is 0.454. The maximum atomic E-state index is 10.2. The van der Waals surface area contributed by atoms with Crippen molar-refractivity contribution in [2.24, 2.45) is 0 Å². The molecule has 0 radical (unpaired) electrons. The summed E-state index contributed by atoms with van der Waals surface area (Å²) < 4.78 is 0. The van der Waals surface area contributed by atoms with Crippen molar-refractivity contribution in [2.45, 2.75) is 17.2 Å². The van der Waals surface area contributed by atoms with E-state index >= 15 is 0 Å². The Balaban J connectivity index is 2.43. The molecule has 1 aliphatic carbocycles. The minimum Gasteiger partial charge on any atom is -0.298 e. The van der Waals surface area contributed by atoms with Gasteiger partial charge in [-0.1, -0.05) is 0 Å². The summed E-state index contributed by atoms with van der Waals surface area (Å²) in [4.78, 5) is 10.2. The van der Waals surface area contributed by atoms with E-state index in [9.17, 15) is 4.79 Å². The summed E-state index contributed by atoms with van der Waals surface area (Å²) in [5.74, 6) is 0.0710. The van der Waals surface area contributed by atoms with Crippen LogP contribution in [0, 0.1) is 0 Å². The number of carbonyl (C=O) groups excluding carboxylic acids is 1. The first-order chi connectivity index (χ1) is 3.22. The highest BCUT2D eigenvalue weighted by atomic mass is 35.5. The first kappa shape index (κ1) is 5.39. The van der Waals surface area contributed by atoms with Gasteiger partial charge in [0.05, 0.1) is 5.38 Å². The zero-order chi connectivity index (χ0) is 5.44. The molecule has 0 aromatic heterocycles. The van der Waals surface area contributed by atoms with Gasteiger partial charge < -0.3 is 0 Å². The van der Waals surface area contributed by atoms with Crippen LogP contribution in [-0.2, 0) is 4.79 Å². The van der Waals surface area contributed by atoms with Crippen molar-refractivity contribution in [1.29, 1.82) is 0 Å². The van der Waals surface area contributed by atoms with Crippen LogP contribution in [0.4, 0.5) is 0 Å². The van der Waals surface area contributed by atoms with Crippen LogP contribution in [0.25, 0.3) is 0 Å².